The van der Waals surface area contributed by atoms with Crippen LogP contribution in [-0.4, -0.2) is 20.3 Å². The van der Waals surface area contributed by atoms with Crippen molar-refractivity contribution in [3.05, 3.63) is 22.2 Å². The van der Waals surface area contributed by atoms with E-state index in [2.05, 4.69) is 4.99 Å². The van der Waals surface area contributed by atoms with Crippen LogP contribution in [0.1, 0.15) is 24.0 Å². The van der Waals surface area contributed by atoms with Crippen molar-refractivity contribution >= 4 is 17.7 Å². The van der Waals surface area contributed by atoms with E-state index in [1.807, 2.05) is 6.92 Å². The van der Waals surface area contributed by atoms with E-state index in [0.29, 0.717) is 16.5 Å². The van der Waals surface area contributed by atoms with Crippen LogP contribution in [0.5, 0.6) is 11.5 Å². The van der Waals surface area contributed by atoms with Crippen molar-refractivity contribution in [1.82, 2.24) is 0 Å². The fourth-order valence-corrected chi connectivity index (χ4v) is 2.75. The third-order valence-electron chi connectivity index (χ3n) is 3.31. The van der Waals surface area contributed by atoms with Gasteiger partial charge in [-0.05, 0) is 19.8 Å². The summed E-state index contributed by atoms with van der Waals surface area (Å²) in [5, 5.41) is 0.543. The number of nitrogens with zero attached hydrogens (tertiary/aromatic N) is 1. The number of halogens is 1. The number of benzene rings is 1. The lowest BCUT2D eigenvalue weighted by Gasteiger charge is -2.19. The topological polar surface area (TPSA) is 47.9 Å². The number of methoxy groups -OCH3 is 2. The Bertz CT molecular complexity index is 532. The molecule has 1 aromatic rings. The minimum absolute atomic E-state index is 0.511. The van der Waals surface area contributed by atoms with Crippen molar-refractivity contribution in [2.75, 3.05) is 14.2 Å². The molecule has 1 saturated carbocycles. The lowest BCUT2D eigenvalue weighted by molar-refractivity contribution is 0.352. The first-order chi connectivity index (χ1) is 8.59. The monoisotopic (exact) mass is 267 g/mol. The SMILES string of the molecule is COc1cc(Cl)c(C2(N=C=O)CC2)c(C)c1OC. The molecule has 18 heavy (non-hydrogen) atoms. The van der Waals surface area contributed by atoms with Crippen LogP contribution in [0.25, 0.3) is 0 Å². The fourth-order valence-electron chi connectivity index (χ4n) is 2.33. The highest BCUT2D eigenvalue weighted by molar-refractivity contribution is 6.32. The normalized spacial score (nSPS) is 15.8. The van der Waals surface area contributed by atoms with E-state index in [4.69, 9.17) is 21.1 Å². The highest BCUT2D eigenvalue weighted by atomic mass is 35.5. The van der Waals surface area contributed by atoms with Crippen LogP contribution in [0.2, 0.25) is 5.02 Å². The third kappa shape index (κ3) is 1.88. The van der Waals surface area contributed by atoms with Gasteiger partial charge in [0.1, 0.15) is 5.54 Å². The Balaban J connectivity index is 2.65. The number of aliphatic imine (C=N–C) groups is 1. The largest absolute Gasteiger partial charge is 0.493 e. The number of ether oxygens (including phenoxy) is 2. The molecule has 0 radical (unpaired) electrons. The van der Waals surface area contributed by atoms with Gasteiger partial charge in [0.15, 0.2) is 11.5 Å². The van der Waals surface area contributed by atoms with Gasteiger partial charge in [-0.2, -0.15) is 4.99 Å². The second-order valence-corrected chi connectivity index (χ2v) is 4.74. The van der Waals surface area contributed by atoms with E-state index in [9.17, 15) is 4.79 Å². The molecule has 1 aliphatic rings. The molecule has 1 aliphatic carbocycles. The zero-order chi connectivity index (χ0) is 13.3. The standard InChI is InChI=1S/C13H14ClNO3/c1-8-11(13(4-5-13)15-7-16)9(14)6-10(17-2)12(8)18-3/h6H,4-5H2,1-3H3. The number of hydrogen-bond donors (Lipinski definition) is 0. The molecule has 4 nitrogen and oxygen atoms in total. The van der Waals surface area contributed by atoms with Gasteiger partial charge in [0, 0.05) is 17.2 Å². The van der Waals surface area contributed by atoms with Crippen molar-refractivity contribution in [3.8, 4) is 11.5 Å². The Labute approximate surface area is 111 Å². The Kier molecular flexibility index (Phi) is 3.33. The minimum Gasteiger partial charge on any atom is -0.493 e. The maximum Gasteiger partial charge on any atom is 0.235 e. The number of hydrogen-bond acceptors (Lipinski definition) is 4. The number of isocyanates is 1. The average Bonchev–Trinajstić information content (AvgIpc) is 3.09. The van der Waals surface area contributed by atoms with Crippen LogP contribution in [0.3, 0.4) is 0 Å². The summed E-state index contributed by atoms with van der Waals surface area (Å²) in [4.78, 5) is 14.4. The Morgan fingerprint density at radius 2 is 2.06 bits per heavy atom. The van der Waals surface area contributed by atoms with Gasteiger partial charge in [0.05, 0.1) is 19.2 Å². The Hall–Kier alpha value is -1.51. The summed E-state index contributed by atoms with van der Waals surface area (Å²) in [5.41, 5.74) is 1.19. The van der Waals surface area contributed by atoms with Crippen molar-refractivity contribution in [2.24, 2.45) is 4.99 Å². The highest BCUT2D eigenvalue weighted by Crippen LogP contribution is 2.55. The molecule has 0 saturated heterocycles. The molecule has 0 amide bonds. The molecule has 0 spiro atoms. The molecule has 0 bridgehead atoms. The van der Waals surface area contributed by atoms with Crippen LogP contribution in [0, 0.1) is 6.92 Å². The van der Waals surface area contributed by atoms with E-state index in [1.54, 1.807) is 26.4 Å². The summed E-state index contributed by atoms with van der Waals surface area (Å²) in [7, 11) is 3.13. The van der Waals surface area contributed by atoms with E-state index < -0.39 is 5.54 Å². The predicted molar refractivity (Wildman–Crippen MR) is 68.3 cm³/mol. The first-order valence-corrected chi connectivity index (χ1v) is 5.98. The van der Waals surface area contributed by atoms with E-state index in [-0.39, 0.29) is 0 Å². The van der Waals surface area contributed by atoms with Crippen LogP contribution < -0.4 is 9.47 Å². The molecular formula is C13H14ClNO3. The third-order valence-corrected chi connectivity index (χ3v) is 3.61. The van der Waals surface area contributed by atoms with Crippen LogP contribution in [0.15, 0.2) is 11.1 Å². The zero-order valence-corrected chi connectivity index (χ0v) is 11.3. The summed E-state index contributed by atoms with van der Waals surface area (Å²) in [6.45, 7) is 1.89. The van der Waals surface area contributed by atoms with Gasteiger partial charge in [0.25, 0.3) is 0 Å². The Morgan fingerprint density at radius 3 is 2.50 bits per heavy atom. The van der Waals surface area contributed by atoms with E-state index >= 15 is 0 Å². The maximum absolute atomic E-state index is 10.5. The van der Waals surface area contributed by atoms with Gasteiger partial charge in [-0.25, -0.2) is 4.79 Å². The molecule has 1 fully saturated rings. The lowest BCUT2D eigenvalue weighted by atomic mass is 9.98. The van der Waals surface area contributed by atoms with E-state index in [1.165, 1.54) is 0 Å². The molecule has 0 aliphatic heterocycles. The quantitative estimate of drug-likeness (QED) is 0.622. The molecule has 0 aromatic heterocycles. The van der Waals surface area contributed by atoms with Crippen LogP contribution in [0.4, 0.5) is 0 Å². The molecular weight excluding hydrogens is 254 g/mol. The first kappa shape index (κ1) is 12.9. The molecule has 1 aromatic carbocycles. The van der Waals surface area contributed by atoms with Crippen LogP contribution in [-0.2, 0) is 10.3 Å². The molecule has 5 heteroatoms. The summed E-state index contributed by atoms with van der Waals surface area (Å²) in [6.07, 6.45) is 3.24. The molecule has 0 unspecified atom stereocenters. The van der Waals surface area contributed by atoms with Crippen molar-refractivity contribution in [2.45, 2.75) is 25.3 Å². The molecule has 96 valence electrons. The molecule has 2 rings (SSSR count). The molecule has 0 N–H and O–H groups in total. The summed E-state index contributed by atoms with van der Waals surface area (Å²) >= 11 is 6.28. The number of rotatable bonds is 4. The summed E-state index contributed by atoms with van der Waals surface area (Å²) in [6, 6.07) is 1.70. The van der Waals surface area contributed by atoms with Gasteiger partial charge in [-0.1, -0.05) is 11.6 Å². The van der Waals surface area contributed by atoms with Crippen molar-refractivity contribution in [3.63, 3.8) is 0 Å². The van der Waals surface area contributed by atoms with Crippen molar-refractivity contribution in [1.29, 1.82) is 0 Å². The molecule has 0 atom stereocenters. The summed E-state index contributed by atoms with van der Waals surface area (Å²) < 4.78 is 10.6. The average molecular weight is 268 g/mol. The van der Waals surface area contributed by atoms with Gasteiger partial charge >= 0.3 is 0 Å². The van der Waals surface area contributed by atoms with Gasteiger partial charge < -0.3 is 9.47 Å². The Morgan fingerprint density at radius 1 is 1.39 bits per heavy atom. The second kappa shape index (κ2) is 4.63. The fraction of sp³-hybridized carbons (Fsp3) is 0.462. The molecule has 0 heterocycles. The van der Waals surface area contributed by atoms with Crippen molar-refractivity contribution < 1.29 is 14.3 Å². The second-order valence-electron chi connectivity index (χ2n) is 4.33. The van der Waals surface area contributed by atoms with Gasteiger partial charge in [-0.3, -0.25) is 0 Å². The maximum atomic E-state index is 10.5. The van der Waals surface area contributed by atoms with E-state index in [0.717, 1.165) is 24.0 Å². The van der Waals surface area contributed by atoms with Gasteiger partial charge in [0.2, 0.25) is 6.08 Å². The minimum atomic E-state index is -0.511. The lowest BCUT2D eigenvalue weighted by Crippen LogP contribution is -2.08. The van der Waals surface area contributed by atoms with Gasteiger partial charge in [-0.15, -0.1) is 0 Å². The zero-order valence-electron chi connectivity index (χ0n) is 10.5. The predicted octanol–water partition coefficient (Wildman–Crippen LogP) is 2.99. The number of carbonyl (C=O) groups excluding carboxylic acids is 1. The highest BCUT2D eigenvalue weighted by Gasteiger charge is 2.48. The summed E-state index contributed by atoms with van der Waals surface area (Å²) in [5.74, 6) is 1.21. The van der Waals surface area contributed by atoms with Crippen LogP contribution >= 0.6 is 11.6 Å². The first-order valence-electron chi connectivity index (χ1n) is 5.60. The smallest absolute Gasteiger partial charge is 0.235 e.